The maximum absolute atomic E-state index is 12.7. The number of carbonyl (C=O) groups is 2. The molecule has 1 unspecified atom stereocenters. The van der Waals surface area contributed by atoms with Crippen molar-refractivity contribution in [1.82, 2.24) is 10.6 Å². The van der Waals surface area contributed by atoms with Crippen LogP contribution in [0.4, 0.5) is 5.69 Å². The van der Waals surface area contributed by atoms with Gasteiger partial charge in [-0.3, -0.25) is 9.59 Å². The van der Waals surface area contributed by atoms with E-state index in [0.29, 0.717) is 17.0 Å². The van der Waals surface area contributed by atoms with Crippen LogP contribution in [0.25, 0.3) is 0 Å². The minimum atomic E-state index is -0.134. The van der Waals surface area contributed by atoms with Gasteiger partial charge in [0, 0.05) is 29.2 Å². The molecule has 29 heavy (non-hydrogen) atoms. The zero-order valence-corrected chi connectivity index (χ0v) is 17.9. The number of carbonyl (C=O) groups excluding carboxylic acids is 2. The molecule has 1 atom stereocenters. The highest BCUT2D eigenvalue weighted by atomic mass is 35.5. The summed E-state index contributed by atoms with van der Waals surface area (Å²) in [6, 6.07) is 14.8. The SMILES string of the molecule is COc1cccc(NC(=O)CSc2ccccc2C(=O)NC2CCCNC2)c1.Cl. The van der Waals surface area contributed by atoms with Crippen LogP contribution in [0.2, 0.25) is 0 Å². The summed E-state index contributed by atoms with van der Waals surface area (Å²) in [7, 11) is 1.59. The Hall–Kier alpha value is -2.22. The average molecular weight is 436 g/mol. The number of nitrogens with one attached hydrogen (secondary N) is 3. The number of halogens is 1. The van der Waals surface area contributed by atoms with Gasteiger partial charge in [0.05, 0.1) is 18.4 Å². The fraction of sp³-hybridized carbons (Fsp3) is 0.333. The van der Waals surface area contributed by atoms with E-state index in [9.17, 15) is 9.59 Å². The normalized spacial score (nSPS) is 15.7. The van der Waals surface area contributed by atoms with E-state index in [1.807, 2.05) is 36.4 Å². The quantitative estimate of drug-likeness (QED) is 0.581. The van der Waals surface area contributed by atoms with Crippen LogP contribution in [0.5, 0.6) is 5.75 Å². The molecule has 3 rings (SSSR count). The molecule has 6 nitrogen and oxygen atoms in total. The van der Waals surface area contributed by atoms with Crippen LogP contribution >= 0.6 is 24.2 Å². The Kier molecular flexibility index (Phi) is 9.31. The molecule has 156 valence electrons. The lowest BCUT2D eigenvalue weighted by Gasteiger charge is -2.24. The third kappa shape index (κ3) is 6.96. The highest BCUT2D eigenvalue weighted by molar-refractivity contribution is 8.00. The number of amides is 2. The van der Waals surface area contributed by atoms with Crippen molar-refractivity contribution in [3.8, 4) is 5.75 Å². The van der Waals surface area contributed by atoms with Gasteiger partial charge in [-0.1, -0.05) is 18.2 Å². The van der Waals surface area contributed by atoms with E-state index in [1.165, 1.54) is 11.8 Å². The van der Waals surface area contributed by atoms with Gasteiger partial charge < -0.3 is 20.7 Å². The second-order valence-electron chi connectivity index (χ2n) is 6.58. The minimum Gasteiger partial charge on any atom is -0.497 e. The lowest BCUT2D eigenvalue weighted by Crippen LogP contribution is -2.45. The molecule has 1 fully saturated rings. The Morgan fingerprint density at radius 1 is 1.21 bits per heavy atom. The molecule has 0 saturated carbocycles. The van der Waals surface area contributed by atoms with Crippen LogP contribution in [-0.2, 0) is 4.79 Å². The third-order valence-corrected chi connectivity index (χ3v) is 5.55. The summed E-state index contributed by atoms with van der Waals surface area (Å²) in [5.41, 5.74) is 1.29. The first-order chi connectivity index (χ1) is 13.7. The summed E-state index contributed by atoms with van der Waals surface area (Å²) in [5.74, 6) is 0.673. The second-order valence-corrected chi connectivity index (χ2v) is 7.60. The topological polar surface area (TPSA) is 79.5 Å². The minimum absolute atomic E-state index is 0. The van der Waals surface area contributed by atoms with E-state index in [-0.39, 0.29) is 36.0 Å². The van der Waals surface area contributed by atoms with Crippen molar-refractivity contribution in [1.29, 1.82) is 0 Å². The van der Waals surface area contributed by atoms with Crippen molar-refractivity contribution in [2.24, 2.45) is 0 Å². The van der Waals surface area contributed by atoms with Crippen LogP contribution in [0.1, 0.15) is 23.2 Å². The molecule has 1 saturated heterocycles. The van der Waals surface area contributed by atoms with Crippen molar-refractivity contribution < 1.29 is 14.3 Å². The van der Waals surface area contributed by atoms with Crippen LogP contribution in [0, 0.1) is 0 Å². The van der Waals surface area contributed by atoms with Crippen molar-refractivity contribution in [3.63, 3.8) is 0 Å². The Morgan fingerprint density at radius 3 is 2.79 bits per heavy atom. The van der Waals surface area contributed by atoms with Gasteiger partial charge in [0.15, 0.2) is 0 Å². The second kappa shape index (κ2) is 11.7. The number of hydrogen-bond donors (Lipinski definition) is 3. The Balaban J connectivity index is 0.00000300. The van der Waals surface area contributed by atoms with Crippen molar-refractivity contribution in [2.45, 2.75) is 23.8 Å². The van der Waals surface area contributed by atoms with Crippen LogP contribution in [0.15, 0.2) is 53.4 Å². The first kappa shape index (κ1) is 23.1. The van der Waals surface area contributed by atoms with Crippen LogP contribution in [-0.4, -0.2) is 43.8 Å². The summed E-state index contributed by atoms with van der Waals surface area (Å²) in [5, 5.41) is 9.24. The molecule has 3 N–H and O–H groups in total. The molecule has 0 bridgehead atoms. The summed E-state index contributed by atoms with van der Waals surface area (Å²) in [6.07, 6.45) is 2.04. The van der Waals surface area contributed by atoms with Gasteiger partial charge in [-0.15, -0.1) is 24.2 Å². The van der Waals surface area contributed by atoms with Crippen molar-refractivity contribution in [3.05, 3.63) is 54.1 Å². The number of anilines is 1. The highest BCUT2D eigenvalue weighted by Crippen LogP contribution is 2.24. The predicted octanol–water partition coefficient (Wildman–Crippen LogP) is 3.33. The van der Waals surface area contributed by atoms with E-state index in [2.05, 4.69) is 16.0 Å². The first-order valence-electron chi connectivity index (χ1n) is 9.33. The Morgan fingerprint density at radius 2 is 2.03 bits per heavy atom. The lowest BCUT2D eigenvalue weighted by atomic mass is 10.1. The third-order valence-electron chi connectivity index (χ3n) is 4.48. The molecule has 2 aromatic rings. The fourth-order valence-electron chi connectivity index (χ4n) is 3.06. The molecule has 1 aliphatic heterocycles. The molecule has 8 heteroatoms. The van der Waals surface area contributed by atoms with Gasteiger partial charge >= 0.3 is 0 Å². The number of ether oxygens (including phenoxy) is 1. The summed E-state index contributed by atoms with van der Waals surface area (Å²) in [4.78, 5) is 25.8. The number of piperidine rings is 1. The molecule has 0 spiro atoms. The Labute approximate surface area is 181 Å². The molecule has 0 radical (unpaired) electrons. The standard InChI is InChI=1S/C21H25N3O3S.ClH/c1-27-17-8-4-6-15(12-17)23-20(25)14-28-19-10-3-2-9-18(19)21(26)24-16-7-5-11-22-13-16;/h2-4,6,8-10,12,16,22H,5,7,11,13-14H2,1H3,(H,23,25)(H,24,26);1H. The molecule has 0 aliphatic carbocycles. The first-order valence-corrected chi connectivity index (χ1v) is 10.3. The molecule has 2 amide bonds. The maximum Gasteiger partial charge on any atom is 0.252 e. The number of hydrogen-bond acceptors (Lipinski definition) is 5. The Bertz CT molecular complexity index is 828. The van der Waals surface area contributed by atoms with E-state index in [1.54, 1.807) is 19.2 Å². The van der Waals surface area contributed by atoms with E-state index in [4.69, 9.17) is 4.74 Å². The average Bonchev–Trinajstić information content (AvgIpc) is 2.73. The van der Waals surface area contributed by atoms with E-state index >= 15 is 0 Å². The zero-order valence-electron chi connectivity index (χ0n) is 16.3. The lowest BCUT2D eigenvalue weighted by molar-refractivity contribution is -0.113. The summed E-state index contributed by atoms with van der Waals surface area (Å²) in [6.45, 7) is 1.80. The molecular formula is C21H26ClN3O3S. The molecule has 1 heterocycles. The number of methoxy groups -OCH3 is 1. The van der Waals surface area contributed by atoms with E-state index < -0.39 is 0 Å². The summed E-state index contributed by atoms with van der Waals surface area (Å²) >= 11 is 1.35. The summed E-state index contributed by atoms with van der Waals surface area (Å²) < 4.78 is 5.16. The largest absolute Gasteiger partial charge is 0.497 e. The predicted molar refractivity (Wildman–Crippen MR) is 119 cm³/mol. The van der Waals surface area contributed by atoms with Gasteiger partial charge in [-0.05, 0) is 43.7 Å². The number of rotatable bonds is 7. The maximum atomic E-state index is 12.7. The molecule has 2 aromatic carbocycles. The van der Waals surface area contributed by atoms with Crippen LogP contribution < -0.4 is 20.7 Å². The number of thioether (sulfide) groups is 1. The van der Waals surface area contributed by atoms with Crippen LogP contribution in [0.3, 0.4) is 0 Å². The van der Waals surface area contributed by atoms with Gasteiger partial charge in [-0.2, -0.15) is 0 Å². The number of benzene rings is 2. The van der Waals surface area contributed by atoms with Gasteiger partial charge in [0.25, 0.3) is 5.91 Å². The fourth-order valence-corrected chi connectivity index (χ4v) is 3.91. The van der Waals surface area contributed by atoms with Crippen molar-refractivity contribution >= 4 is 41.7 Å². The molecule has 0 aromatic heterocycles. The zero-order chi connectivity index (χ0) is 19.8. The van der Waals surface area contributed by atoms with Gasteiger partial charge in [0.2, 0.25) is 5.91 Å². The highest BCUT2D eigenvalue weighted by Gasteiger charge is 2.18. The smallest absolute Gasteiger partial charge is 0.252 e. The monoisotopic (exact) mass is 435 g/mol. The van der Waals surface area contributed by atoms with Gasteiger partial charge in [0.1, 0.15) is 5.75 Å². The molecule has 1 aliphatic rings. The van der Waals surface area contributed by atoms with E-state index in [0.717, 1.165) is 30.8 Å². The van der Waals surface area contributed by atoms with Crippen molar-refractivity contribution in [2.75, 3.05) is 31.3 Å². The molecular weight excluding hydrogens is 410 g/mol. The van der Waals surface area contributed by atoms with Gasteiger partial charge in [-0.25, -0.2) is 0 Å².